The highest BCUT2D eigenvalue weighted by Gasteiger charge is 2.15. The van der Waals surface area contributed by atoms with Gasteiger partial charge in [-0.3, -0.25) is 4.79 Å². The molecule has 1 aliphatic heterocycles. The highest BCUT2D eigenvalue weighted by molar-refractivity contribution is 9.10. The highest BCUT2D eigenvalue weighted by atomic mass is 79.9. The molecule has 0 fully saturated rings. The van der Waals surface area contributed by atoms with E-state index < -0.39 is 0 Å². The van der Waals surface area contributed by atoms with Crippen molar-refractivity contribution in [3.63, 3.8) is 0 Å². The summed E-state index contributed by atoms with van der Waals surface area (Å²) in [5.74, 6) is 1.66. The molecule has 0 radical (unpaired) electrons. The monoisotopic (exact) mass is 376 g/mol. The minimum absolute atomic E-state index is 0.209. The number of benzene rings is 1. The summed E-state index contributed by atoms with van der Waals surface area (Å²) < 4.78 is 11.4. The van der Waals surface area contributed by atoms with Gasteiger partial charge in [0.05, 0.1) is 12.5 Å². The average molecular weight is 377 g/mol. The van der Waals surface area contributed by atoms with E-state index in [0.717, 1.165) is 10.0 Å². The maximum absolute atomic E-state index is 11.6. The number of imidazole rings is 1. The summed E-state index contributed by atoms with van der Waals surface area (Å²) in [6.07, 6.45) is 2.89. The Morgan fingerprint density at radius 2 is 2.17 bits per heavy atom. The van der Waals surface area contributed by atoms with Crippen LogP contribution in [0.3, 0.4) is 0 Å². The molecule has 10 heteroatoms. The van der Waals surface area contributed by atoms with Crippen LogP contribution in [0.15, 0.2) is 32.8 Å². The van der Waals surface area contributed by atoms with Crippen molar-refractivity contribution >= 4 is 39.3 Å². The zero-order valence-corrected chi connectivity index (χ0v) is 13.0. The summed E-state index contributed by atoms with van der Waals surface area (Å²) in [7, 11) is 0. The van der Waals surface area contributed by atoms with E-state index in [1.54, 1.807) is 6.21 Å². The lowest BCUT2D eigenvalue weighted by molar-refractivity contribution is 0.174. The van der Waals surface area contributed by atoms with Gasteiger partial charge in [-0.25, -0.2) is 10.4 Å². The van der Waals surface area contributed by atoms with Crippen LogP contribution in [0.5, 0.6) is 11.5 Å². The maximum Gasteiger partial charge on any atom is 0.276 e. The van der Waals surface area contributed by atoms with Gasteiger partial charge in [0.2, 0.25) is 12.7 Å². The molecule has 0 bridgehead atoms. The van der Waals surface area contributed by atoms with Crippen molar-refractivity contribution in [2.45, 2.75) is 0 Å². The second kappa shape index (κ2) is 5.39. The van der Waals surface area contributed by atoms with Crippen molar-refractivity contribution in [3.05, 3.63) is 38.9 Å². The van der Waals surface area contributed by atoms with Crippen LogP contribution in [0.25, 0.3) is 11.2 Å². The van der Waals surface area contributed by atoms with Crippen LogP contribution >= 0.6 is 15.9 Å². The Bertz CT molecular complexity index is 979. The Morgan fingerprint density at radius 1 is 1.35 bits per heavy atom. The minimum Gasteiger partial charge on any atom is -0.454 e. The van der Waals surface area contributed by atoms with Gasteiger partial charge in [-0.1, -0.05) is 0 Å². The third-order valence-corrected chi connectivity index (χ3v) is 3.85. The van der Waals surface area contributed by atoms with Gasteiger partial charge in [0, 0.05) is 10.0 Å². The van der Waals surface area contributed by atoms with Crippen LogP contribution in [0.2, 0.25) is 0 Å². The first-order valence-corrected chi connectivity index (χ1v) is 7.31. The molecule has 0 atom stereocenters. The van der Waals surface area contributed by atoms with Crippen LogP contribution in [0, 0.1) is 0 Å². The number of nitrogens with one attached hydrogen (secondary N) is 3. The number of fused-ring (bicyclic) bond motifs is 2. The molecule has 4 rings (SSSR count). The number of hydrogen-bond donors (Lipinski definition) is 3. The Morgan fingerprint density at radius 3 is 3.00 bits per heavy atom. The molecular formula is C13H9BrN6O3. The molecule has 3 N–H and O–H groups in total. The summed E-state index contributed by atoms with van der Waals surface area (Å²) in [6, 6.07) is 3.62. The van der Waals surface area contributed by atoms with Crippen molar-refractivity contribution in [3.8, 4) is 11.5 Å². The van der Waals surface area contributed by atoms with Crippen molar-refractivity contribution in [1.29, 1.82) is 0 Å². The van der Waals surface area contributed by atoms with Crippen LogP contribution in [0.4, 0.5) is 5.95 Å². The van der Waals surface area contributed by atoms with E-state index in [4.69, 9.17) is 9.47 Å². The lowest BCUT2D eigenvalue weighted by Crippen LogP contribution is -2.05. The van der Waals surface area contributed by atoms with E-state index in [2.05, 4.69) is 46.4 Å². The molecule has 0 amide bonds. The minimum atomic E-state index is -0.293. The number of H-pyrrole nitrogens is 2. The Balaban J connectivity index is 1.57. The van der Waals surface area contributed by atoms with Gasteiger partial charge >= 0.3 is 0 Å². The van der Waals surface area contributed by atoms with Crippen LogP contribution < -0.4 is 20.5 Å². The number of nitrogens with zero attached hydrogens (tertiary/aromatic N) is 3. The molecule has 0 saturated carbocycles. The quantitative estimate of drug-likeness (QED) is 0.471. The van der Waals surface area contributed by atoms with Crippen molar-refractivity contribution in [2.75, 3.05) is 12.2 Å². The standard InChI is InChI=1S/C13H9BrN6O3/c14-7-2-9-8(22-5-23-9)1-6(7)3-17-20-13-18-10-11(19-13)15-4-16-12(10)21/h1-4H,5H2,(H3,15,16,18,19,20,21). The number of halogens is 1. The normalized spacial score (nSPS) is 13.1. The van der Waals surface area contributed by atoms with E-state index in [0.29, 0.717) is 23.1 Å². The third-order valence-electron chi connectivity index (χ3n) is 3.16. The van der Waals surface area contributed by atoms with Gasteiger partial charge in [0.15, 0.2) is 22.7 Å². The van der Waals surface area contributed by atoms with Crippen molar-refractivity contribution in [2.24, 2.45) is 5.10 Å². The summed E-state index contributed by atoms with van der Waals surface area (Å²) in [6.45, 7) is 0.209. The summed E-state index contributed by atoms with van der Waals surface area (Å²) in [4.78, 5) is 24.9. The number of aromatic nitrogens is 4. The molecule has 23 heavy (non-hydrogen) atoms. The fraction of sp³-hybridized carbons (Fsp3) is 0.0769. The Labute approximate surface area is 136 Å². The van der Waals surface area contributed by atoms with Gasteiger partial charge in [-0.15, -0.1) is 0 Å². The molecule has 0 saturated heterocycles. The molecule has 0 aliphatic carbocycles. The van der Waals surface area contributed by atoms with Crippen LogP contribution in [0.1, 0.15) is 5.56 Å². The topological polar surface area (TPSA) is 117 Å². The maximum atomic E-state index is 11.6. The van der Waals surface area contributed by atoms with Crippen LogP contribution in [-0.4, -0.2) is 32.9 Å². The predicted octanol–water partition coefficient (Wildman–Crippen LogP) is 1.58. The molecular weight excluding hydrogens is 368 g/mol. The summed E-state index contributed by atoms with van der Waals surface area (Å²) >= 11 is 3.44. The first-order chi connectivity index (χ1) is 11.2. The van der Waals surface area contributed by atoms with E-state index in [-0.39, 0.29) is 17.9 Å². The fourth-order valence-electron chi connectivity index (χ4n) is 2.09. The van der Waals surface area contributed by atoms with Gasteiger partial charge in [-0.05, 0) is 28.1 Å². The lowest BCUT2D eigenvalue weighted by Gasteiger charge is -2.01. The molecule has 3 aromatic rings. The van der Waals surface area contributed by atoms with E-state index in [1.807, 2.05) is 12.1 Å². The summed E-state index contributed by atoms with van der Waals surface area (Å²) in [5.41, 5.74) is 3.83. The molecule has 3 heterocycles. The number of rotatable bonds is 3. The number of hydrogen-bond acceptors (Lipinski definition) is 7. The molecule has 0 unspecified atom stereocenters. The smallest absolute Gasteiger partial charge is 0.276 e. The van der Waals surface area contributed by atoms with E-state index >= 15 is 0 Å². The zero-order chi connectivity index (χ0) is 15.8. The zero-order valence-electron chi connectivity index (χ0n) is 11.5. The fourth-order valence-corrected chi connectivity index (χ4v) is 2.51. The predicted molar refractivity (Wildman–Crippen MR) is 86.0 cm³/mol. The molecule has 116 valence electrons. The molecule has 1 aromatic carbocycles. The third kappa shape index (κ3) is 2.52. The van der Waals surface area contributed by atoms with Crippen molar-refractivity contribution in [1.82, 2.24) is 19.9 Å². The molecule has 0 spiro atoms. The largest absolute Gasteiger partial charge is 0.454 e. The highest BCUT2D eigenvalue weighted by Crippen LogP contribution is 2.36. The molecule has 1 aliphatic rings. The number of anilines is 1. The SMILES string of the molecule is O=c1[nH]cnc2nc(NN=Cc3cc4c(cc3Br)OCO4)[nH]c12. The van der Waals surface area contributed by atoms with E-state index in [9.17, 15) is 4.79 Å². The van der Waals surface area contributed by atoms with E-state index in [1.165, 1.54) is 6.33 Å². The lowest BCUT2D eigenvalue weighted by atomic mass is 10.2. The molecule has 2 aromatic heterocycles. The van der Waals surface area contributed by atoms with Gasteiger partial charge in [0.25, 0.3) is 5.56 Å². The second-order valence-corrected chi connectivity index (χ2v) is 5.47. The summed E-state index contributed by atoms with van der Waals surface area (Å²) in [5, 5.41) is 4.09. The number of hydrazone groups is 1. The van der Waals surface area contributed by atoms with Crippen molar-refractivity contribution < 1.29 is 9.47 Å². The van der Waals surface area contributed by atoms with Gasteiger partial charge in [-0.2, -0.15) is 10.1 Å². The second-order valence-electron chi connectivity index (χ2n) is 4.61. The van der Waals surface area contributed by atoms with Gasteiger partial charge in [0.1, 0.15) is 0 Å². The first kappa shape index (κ1) is 13.8. The van der Waals surface area contributed by atoms with Gasteiger partial charge < -0.3 is 19.4 Å². The average Bonchev–Trinajstić information content (AvgIpc) is 3.14. The molecule has 9 nitrogen and oxygen atoms in total. The number of aromatic amines is 2. The Hall–Kier alpha value is -2.88. The van der Waals surface area contributed by atoms with Crippen LogP contribution in [-0.2, 0) is 0 Å². The Kier molecular flexibility index (Phi) is 3.23. The first-order valence-electron chi connectivity index (χ1n) is 6.52. The number of ether oxygens (including phenoxy) is 2.